The first-order chi connectivity index (χ1) is 6.13. The van der Waals surface area contributed by atoms with E-state index >= 15 is 0 Å². The van der Waals surface area contributed by atoms with E-state index in [1.165, 1.54) is 0 Å². The Morgan fingerprint density at radius 2 is 1.57 bits per heavy atom. The van der Waals surface area contributed by atoms with Gasteiger partial charge >= 0.3 is 0 Å². The van der Waals surface area contributed by atoms with E-state index in [0.29, 0.717) is 12.1 Å². The molecular formula is C12H27N2+. The van der Waals surface area contributed by atoms with Crippen LogP contribution in [0.1, 0.15) is 61.1 Å². The van der Waals surface area contributed by atoms with Crippen molar-refractivity contribution in [3.8, 4) is 0 Å². The molecule has 1 aromatic rings. The van der Waals surface area contributed by atoms with Crippen LogP contribution in [0.15, 0.2) is 18.5 Å². The molecule has 0 aliphatic rings. The molecule has 0 aliphatic heterocycles. The van der Waals surface area contributed by atoms with Gasteiger partial charge in [0, 0.05) is 6.07 Å². The monoisotopic (exact) mass is 199 g/mol. The Kier molecular flexibility index (Phi) is 8.51. The van der Waals surface area contributed by atoms with Crippen LogP contribution in [-0.4, -0.2) is 4.68 Å². The number of hydrogen-bond donors (Lipinski definition) is 0. The zero-order chi connectivity index (χ0) is 10.4. The SMILES string of the molecule is C.CC.CC(C)n1ccc[n+]1C(C)C. The Hall–Kier alpha value is -0.790. The van der Waals surface area contributed by atoms with E-state index in [1.807, 2.05) is 13.8 Å². The molecule has 0 fully saturated rings. The number of aromatic nitrogens is 2. The molecule has 0 amide bonds. The van der Waals surface area contributed by atoms with Crippen molar-refractivity contribution in [2.45, 2.75) is 61.1 Å². The minimum Gasteiger partial charge on any atom is -0.158 e. The van der Waals surface area contributed by atoms with Gasteiger partial charge in [-0.25, -0.2) is 0 Å². The van der Waals surface area contributed by atoms with Gasteiger partial charge in [-0.1, -0.05) is 21.3 Å². The van der Waals surface area contributed by atoms with Crippen molar-refractivity contribution in [2.24, 2.45) is 0 Å². The summed E-state index contributed by atoms with van der Waals surface area (Å²) in [6.45, 7) is 12.8. The summed E-state index contributed by atoms with van der Waals surface area (Å²) in [5, 5.41) is 0. The van der Waals surface area contributed by atoms with Gasteiger partial charge in [0.05, 0.1) is 12.2 Å². The molecule has 84 valence electrons. The predicted molar refractivity (Wildman–Crippen MR) is 63.5 cm³/mol. The van der Waals surface area contributed by atoms with Crippen LogP contribution in [0, 0.1) is 0 Å². The molecule has 1 aromatic heterocycles. The Bertz CT molecular complexity index is 201. The molecule has 0 aromatic carbocycles. The minimum atomic E-state index is 0. The summed E-state index contributed by atoms with van der Waals surface area (Å²) in [5.41, 5.74) is 0. The molecule has 0 N–H and O–H groups in total. The van der Waals surface area contributed by atoms with Crippen molar-refractivity contribution in [1.29, 1.82) is 0 Å². The molecule has 0 spiro atoms. The van der Waals surface area contributed by atoms with Gasteiger partial charge in [-0.05, 0) is 27.7 Å². The fourth-order valence-corrected chi connectivity index (χ4v) is 1.25. The van der Waals surface area contributed by atoms with Crippen LogP contribution >= 0.6 is 0 Å². The second-order valence-corrected chi connectivity index (χ2v) is 3.44. The Morgan fingerprint density at radius 1 is 1.07 bits per heavy atom. The van der Waals surface area contributed by atoms with Crippen LogP contribution in [0.4, 0.5) is 0 Å². The standard InChI is InChI=1S/C9H17N2.C2H6.CH4/c1-8(2)10-6-5-7-11(10)9(3)4;1-2;/h5-9H,1-4H3;1-2H3;1H4/q+1;;. The summed E-state index contributed by atoms with van der Waals surface area (Å²) in [7, 11) is 0. The molecule has 1 rings (SSSR count). The molecule has 0 saturated carbocycles. The first-order valence-electron chi connectivity index (χ1n) is 5.21. The maximum absolute atomic E-state index is 2.24. The summed E-state index contributed by atoms with van der Waals surface area (Å²) in [6.07, 6.45) is 4.23. The minimum absolute atomic E-state index is 0. The maximum atomic E-state index is 2.24. The Morgan fingerprint density at radius 3 is 1.86 bits per heavy atom. The third-order valence-electron chi connectivity index (χ3n) is 1.80. The molecule has 2 nitrogen and oxygen atoms in total. The van der Waals surface area contributed by atoms with Gasteiger partial charge in [-0.2, -0.15) is 4.68 Å². The average Bonchev–Trinajstić information content (AvgIpc) is 2.55. The largest absolute Gasteiger partial charge is 0.195 e. The van der Waals surface area contributed by atoms with Crippen molar-refractivity contribution in [2.75, 3.05) is 0 Å². The Labute approximate surface area is 89.5 Å². The molecule has 0 unspecified atom stereocenters. The fourth-order valence-electron chi connectivity index (χ4n) is 1.25. The highest BCUT2D eigenvalue weighted by molar-refractivity contribution is 4.73. The predicted octanol–water partition coefficient (Wildman–Crippen LogP) is 3.60. The average molecular weight is 199 g/mol. The van der Waals surface area contributed by atoms with E-state index in [4.69, 9.17) is 0 Å². The van der Waals surface area contributed by atoms with Gasteiger partial charge in [-0.3, -0.25) is 0 Å². The van der Waals surface area contributed by atoms with E-state index in [0.717, 1.165) is 0 Å². The molecule has 0 saturated heterocycles. The van der Waals surface area contributed by atoms with Crippen molar-refractivity contribution < 1.29 is 4.68 Å². The third-order valence-corrected chi connectivity index (χ3v) is 1.80. The summed E-state index contributed by atoms with van der Waals surface area (Å²) >= 11 is 0. The van der Waals surface area contributed by atoms with Crippen molar-refractivity contribution in [3.63, 3.8) is 0 Å². The summed E-state index contributed by atoms with van der Waals surface area (Å²) < 4.78 is 4.48. The zero-order valence-corrected chi connectivity index (χ0v) is 9.78. The van der Waals surface area contributed by atoms with Crippen molar-refractivity contribution in [3.05, 3.63) is 18.5 Å². The molecule has 0 radical (unpaired) electrons. The number of nitrogens with zero attached hydrogens (tertiary/aromatic N) is 2. The van der Waals surface area contributed by atoms with Crippen molar-refractivity contribution in [1.82, 2.24) is 4.68 Å². The van der Waals surface area contributed by atoms with E-state index in [1.54, 1.807) is 0 Å². The summed E-state index contributed by atoms with van der Waals surface area (Å²) in [6, 6.07) is 3.18. The van der Waals surface area contributed by atoms with Gasteiger partial charge in [0.1, 0.15) is 0 Å². The quantitative estimate of drug-likeness (QED) is 0.644. The highest BCUT2D eigenvalue weighted by atomic mass is 15.4. The molecule has 2 heteroatoms. The molecular weight excluding hydrogens is 172 g/mol. The first kappa shape index (κ1) is 15.7. The maximum Gasteiger partial charge on any atom is 0.195 e. The molecule has 0 aliphatic carbocycles. The molecule has 1 heterocycles. The highest BCUT2D eigenvalue weighted by Crippen LogP contribution is 2.01. The van der Waals surface area contributed by atoms with E-state index in [9.17, 15) is 0 Å². The van der Waals surface area contributed by atoms with Crippen LogP contribution in [0.5, 0.6) is 0 Å². The number of rotatable bonds is 2. The van der Waals surface area contributed by atoms with Crippen molar-refractivity contribution >= 4 is 0 Å². The van der Waals surface area contributed by atoms with E-state index in [2.05, 4.69) is 55.5 Å². The topological polar surface area (TPSA) is 8.81 Å². The smallest absolute Gasteiger partial charge is 0.158 e. The van der Waals surface area contributed by atoms with Crippen LogP contribution in [0.2, 0.25) is 0 Å². The second-order valence-electron chi connectivity index (χ2n) is 3.44. The lowest BCUT2D eigenvalue weighted by molar-refractivity contribution is -0.794. The molecule has 0 atom stereocenters. The van der Waals surface area contributed by atoms with Gasteiger partial charge < -0.3 is 0 Å². The zero-order valence-electron chi connectivity index (χ0n) is 9.78. The van der Waals surface area contributed by atoms with Crippen LogP contribution in [-0.2, 0) is 0 Å². The van der Waals surface area contributed by atoms with Crippen LogP contribution < -0.4 is 4.68 Å². The lowest BCUT2D eigenvalue weighted by atomic mass is 10.4. The molecule has 14 heavy (non-hydrogen) atoms. The lowest BCUT2D eigenvalue weighted by Crippen LogP contribution is -2.45. The summed E-state index contributed by atoms with van der Waals surface area (Å²) in [5.74, 6) is 0. The van der Waals surface area contributed by atoms with Gasteiger partial charge in [-0.15, -0.1) is 4.68 Å². The first-order valence-corrected chi connectivity index (χ1v) is 5.21. The third kappa shape index (κ3) is 3.95. The fraction of sp³-hybridized carbons (Fsp3) is 0.750. The number of hydrogen-bond acceptors (Lipinski definition) is 0. The van der Waals surface area contributed by atoms with E-state index in [-0.39, 0.29) is 7.43 Å². The van der Waals surface area contributed by atoms with Crippen LogP contribution in [0.3, 0.4) is 0 Å². The summed E-state index contributed by atoms with van der Waals surface area (Å²) in [4.78, 5) is 0. The second kappa shape index (κ2) is 7.60. The lowest BCUT2D eigenvalue weighted by Gasteiger charge is -2.07. The Balaban J connectivity index is 0. The highest BCUT2D eigenvalue weighted by Gasteiger charge is 2.13. The van der Waals surface area contributed by atoms with Gasteiger partial charge in [0.25, 0.3) is 0 Å². The molecule has 0 bridgehead atoms. The normalized spacial score (nSPS) is 9.43. The van der Waals surface area contributed by atoms with Crippen LogP contribution in [0.25, 0.3) is 0 Å². The van der Waals surface area contributed by atoms with Gasteiger partial charge in [0.2, 0.25) is 0 Å². The van der Waals surface area contributed by atoms with E-state index < -0.39 is 0 Å². The van der Waals surface area contributed by atoms with Gasteiger partial charge in [0.15, 0.2) is 12.2 Å².